The maximum absolute atomic E-state index is 6.22. The summed E-state index contributed by atoms with van der Waals surface area (Å²) in [6.07, 6.45) is 1.93. The molecule has 0 unspecified atom stereocenters. The minimum absolute atomic E-state index is 0.218. The molecule has 20 heavy (non-hydrogen) atoms. The van der Waals surface area contributed by atoms with Gasteiger partial charge in [0.1, 0.15) is 0 Å². The highest BCUT2D eigenvalue weighted by atomic mass is 79.9. The summed E-state index contributed by atoms with van der Waals surface area (Å²) in [6, 6.07) is 8.21. The number of halogens is 3. The highest BCUT2D eigenvalue weighted by molar-refractivity contribution is 9.10. The molecule has 0 aromatic heterocycles. The third-order valence-corrected chi connectivity index (χ3v) is 5.03. The van der Waals surface area contributed by atoms with E-state index in [9.17, 15) is 0 Å². The Labute approximate surface area is 141 Å². The quantitative estimate of drug-likeness (QED) is 0.398. The van der Waals surface area contributed by atoms with Gasteiger partial charge in [0.05, 0.1) is 0 Å². The molecule has 1 aromatic rings. The van der Waals surface area contributed by atoms with Crippen molar-refractivity contribution in [1.82, 2.24) is 0 Å². The van der Waals surface area contributed by atoms with E-state index in [1.807, 2.05) is 12.1 Å². The van der Waals surface area contributed by atoms with Crippen LogP contribution in [0.2, 0.25) is 0 Å². The largest absolute Gasteiger partial charge is 0.381 e. The molecule has 0 radical (unpaired) electrons. The van der Waals surface area contributed by atoms with Crippen LogP contribution in [0.5, 0.6) is 0 Å². The minimum Gasteiger partial charge on any atom is -0.381 e. The molecule has 0 aliphatic carbocycles. The second-order valence-electron chi connectivity index (χ2n) is 5.60. The third kappa shape index (κ3) is 5.55. The number of hydrogen-bond donors (Lipinski definition) is 0. The molecule has 0 bridgehead atoms. The van der Waals surface area contributed by atoms with E-state index in [1.54, 1.807) is 0 Å². The van der Waals surface area contributed by atoms with E-state index in [0.717, 1.165) is 23.9 Å². The van der Waals surface area contributed by atoms with E-state index in [0.29, 0.717) is 24.3 Å². The van der Waals surface area contributed by atoms with Gasteiger partial charge in [-0.05, 0) is 36.5 Å². The maximum Gasteiger partial charge on any atom is 0.0475 e. The lowest BCUT2D eigenvalue weighted by Gasteiger charge is -2.30. The molecule has 0 N–H and O–H groups in total. The van der Waals surface area contributed by atoms with Crippen LogP contribution in [0.15, 0.2) is 28.7 Å². The van der Waals surface area contributed by atoms with Crippen molar-refractivity contribution in [2.45, 2.75) is 32.1 Å². The van der Waals surface area contributed by atoms with Gasteiger partial charge in [-0.25, -0.2) is 0 Å². The van der Waals surface area contributed by atoms with Gasteiger partial charge in [-0.3, -0.25) is 0 Å². The molecule has 0 aliphatic rings. The minimum atomic E-state index is -0.218. The average molecular weight is 382 g/mol. The lowest BCUT2D eigenvalue weighted by Crippen LogP contribution is -2.32. The van der Waals surface area contributed by atoms with Crippen molar-refractivity contribution in [3.8, 4) is 0 Å². The fourth-order valence-electron chi connectivity index (χ4n) is 1.97. The predicted molar refractivity (Wildman–Crippen MR) is 92.2 cm³/mol. The van der Waals surface area contributed by atoms with Gasteiger partial charge in [0.15, 0.2) is 0 Å². The summed E-state index contributed by atoms with van der Waals surface area (Å²) in [5.41, 5.74) is 0.953. The van der Waals surface area contributed by atoms with Crippen LogP contribution in [0.1, 0.15) is 32.3 Å². The second-order valence-corrected chi connectivity index (χ2v) is 7.05. The lowest BCUT2D eigenvalue weighted by atomic mass is 9.81. The lowest BCUT2D eigenvalue weighted by molar-refractivity contribution is 0.109. The molecule has 0 spiro atoms. The molecule has 1 nitrogen and oxygen atoms in total. The Morgan fingerprint density at radius 2 is 1.90 bits per heavy atom. The standard InChI is InChI=1S/C16H23BrCl2O/c1-13(2)6-8-20-9-7-16(11-18,12-19)14-4-3-5-15(17)10-14/h3-5,10,13H,6-9,11-12H2,1-2H3. The van der Waals surface area contributed by atoms with Crippen LogP contribution >= 0.6 is 39.1 Å². The SMILES string of the molecule is CC(C)CCOCCC(CCl)(CCl)c1cccc(Br)c1. The summed E-state index contributed by atoms with van der Waals surface area (Å²) in [7, 11) is 0. The van der Waals surface area contributed by atoms with Crippen molar-refractivity contribution in [3.63, 3.8) is 0 Å². The highest BCUT2D eigenvalue weighted by Crippen LogP contribution is 2.32. The molecule has 4 heteroatoms. The van der Waals surface area contributed by atoms with Crippen molar-refractivity contribution >= 4 is 39.1 Å². The van der Waals surface area contributed by atoms with Crippen LogP contribution in [0.3, 0.4) is 0 Å². The van der Waals surface area contributed by atoms with Gasteiger partial charge >= 0.3 is 0 Å². The first kappa shape index (κ1) is 18.3. The first-order valence-electron chi connectivity index (χ1n) is 7.00. The zero-order valence-electron chi connectivity index (χ0n) is 12.2. The van der Waals surface area contributed by atoms with Crippen LogP contribution in [0, 0.1) is 5.92 Å². The Bertz CT molecular complexity index is 392. The first-order chi connectivity index (χ1) is 9.54. The number of hydrogen-bond acceptors (Lipinski definition) is 1. The molecule has 0 saturated heterocycles. The summed E-state index contributed by atoms with van der Waals surface area (Å²) in [6.45, 7) is 5.90. The molecule has 0 atom stereocenters. The Kier molecular flexibility index (Phi) is 8.50. The number of rotatable bonds is 9. The monoisotopic (exact) mass is 380 g/mol. The summed E-state index contributed by atoms with van der Waals surface area (Å²) in [5.74, 6) is 1.67. The fourth-order valence-corrected chi connectivity index (χ4v) is 3.24. The van der Waals surface area contributed by atoms with E-state index in [2.05, 4.69) is 41.9 Å². The smallest absolute Gasteiger partial charge is 0.0475 e. The van der Waals surface area contributed by atoms with Crippen molar-refractivity contribution in [1.29, 1.82) is 0 Å². The molecule has 0 saturated carbocycles. The van der Waals surface area contributed by atoms with Gasteiger partial charge in [0.25, 0.3) is 0 Å². The van der Waals surface area contributed by atoms with Crippen molar-refractivity contribution in [2.75, 3.05) is 25.0 Å². The van der Waals surface area contributed by atoms with Crippen LogP contribution in [-0.4, -0.2) is 25.0 Å². The number of ether oxygens (including phenoxy) is 1. The Morgan fingerprint density at radius 1 is 1.20 bits per heavy atom. The van der Waals surface area contributed by atoms with E-state index in [-0.39, 0.29) is 5.41 Å². The summed E-state index contributed by atoms with van der Waals surface area (Å²) >= 11 is 15.9. The first-order valence-corrected chi connectivity index (χ1v) is 8.86. The fraction of sp³-hybridized carbons (Fsp3) is 0.625. The van der Waals surface area contributed by atoms with Gasteiger partial charge in [0.2, 0.25) is 0 Å². The Hall–Kier alpha value is 0.240. The number of benzene rings is 1. The summed E-state index contributed by atoms with van der Waals surface area (Å²) in [4.78, 5) is 0. The second kappa shape index (κ2) is 9.30. The molecular weight excluding hydrogens is 359 g/mol. The van der Waals surface area contributed by atoms with Crippen molar-refractivity contribution in [3.05, 3.63) is 34.3 Å². The van der Waals surface area contributed by atoms with Crippen molar-refractivity contribution < 1.29 is 4.74 Å². The normalized spacial score (nSPS) is 12.1. The molecule has 114 valence electrons. The van der Waals surface area contributed by atoms with Crippen LogP contribution in [-0.2, 0) is 10.2 Å². The van der Waals surface area contributed by atoms with Crippen molar-refractivity contribution in [2.24, 2.45) is 5.92 Å². The van der Waals surface area contributed by atoms with Gasteiger partial charge in [-0.2, -0.15) is 0 Å². The van der Waals surface area contributed by atoms with Gasteiger partial charge in [-0.15, -0.1) is 23.2 Å². The molecule has 0 heterocycles. The number of alkyl halides is 2. The van der Waals surface area contributed by atoms with Gasteiger partial charge in [-0.1, -0.05) is 41.9 Å². The molecule has 1 rings (SSSR count). The average Bonchev–Trinajstić information content (AvgIpc) is 2.43. The Balaban J connectivity index is 2.63. The topological polar surface area (TPSA) is 9.23 Å². The van der Waals surface area contributed by atoms with Crippen LogP contribution in [0.4, 0.5) is 0 Å². The third-order valence-electron chi connectivity index (χ3n) is 3.51. The van der Waals surface area contributed by atoms with E-state index in [4.69, 9.17) is 27.9 Å². The molecule has 0 amide bonds. The summed E-state index contributed by atoms with van der Waals surface area (Å²) < 4.78 is 6.78. The van der Waals surface area contributed by atoms with Crippen LogP contribution in [0.25, 0.3) is 0 Å². The van der Waals surface area contributed by atoms with E-state index >= 15 is 0 Å². The molecule has 0 fully saturated rings. The van der Waals surface area contributed by atoms with E-state index < -0.39 is 0 Å². The zero-order valence-corrected chi connectivity index (χ0v) is 15.3. The maximum atomic E-state index is 6.22. The predicted octanol–water partition coefficient (Wildman–Crippen LogP) is 5.62. The highest BCUT2D eigenvalue weighted by Gasteiger charge is 2.30. The van der Waals surface area contributed by atoms with Crippen LogP contribution < -0.4 is 0 Å². The van der Waals surface area contributed by atoms with Gasteiger partial charge in [0, 0.05) is 34.9 Å². The molecule has 1 aromatic carbocycles. The van der Waals surface area contributed by atoms with Gasteiger partial charge < -0.3 is 4.74 Å². The molecular formula is C16H23BrCl2O. The van der Waals surface area contributed by atoms with E-state index in [1.165, 1.54) is 5.56 Å². The Morgan fingerprint density at radius 3 is 2.45 bits per heavy atom. The summed E-state index contributed by atoms with van der Waals surface area (Å²) in [5, 5.41) is 0. The zero-order chi connectivity index (χ0) is 15.0. The molecule has 0 aliphatic heterocycles.